The number of phenols is 1. The number of rotatable bonds is 6. The molecular weight excluding hydrogens is 351 g/mol. The monoisotopic (exact) mass is 378 g/mol. The first-order valence-electron chi connectivity index (χ1n) is 9.33. The minimum absolute atomic E-state index is 0.0618. The molecule has 3 rings (SSSR count). The van der Waals surface area contributed by atoms with Gasteiger partial charge in [-0.2, -0.15) is 5.10 Å². The Kier molecular flexibility index (Phi) is 5.84. The molecule has 1 saturated heterocycles. The summed E-state index contributed by atoms with van der Waals surface area (Å²) >= 11 is 0. The first-order valence-corrected chi connectivity index (χ1v) is 9.33. The van der Waals surface area contributed by atoms with E-state index in [0.717, 1.165) is 43.7 Å². The quantitative estimate of drug-likeness (QED) is 0.831. The van der Waals surface area contributed by atoms with Crippen molar-refractivity contribution >= 4 is 0 Å². The molecule has 0 atom stereocenters. The van der Waals surface area contributed by atoms with Gasteiger partial charge < -0.3 is 9.84 Å². The maximum absolute atomic E-state index is 13.8. The lowest BCUT2D eigenvalue weighted by atomic mass is 9.93. The van der Waals surface area contributed by atoms with E-state index < -0.39 is 11.6 Å². The van der Waals surface area contributed by atoms with Crippen LogP contribution >= 0.6 is 0 Å². The summed E-state index contributed by atoms with van der Waals surface area (Å²) in [6.45, 7) is 5.01. The highest BCUT2D eigenvalue weighted by Crippen LogP contribution is 2.31. The number of hydrogen-bond acceptors (Lipinski definition) is 5. The predicted octanol–water partition coefficient (Wildman–Crippen LogP) is 1.91. The number of hydrogen-bond donors (Lipinski definition) is 1. The second-order valence-electron chi connectivity index (χ2n) is 7.12. The lowest BCUT2D eigenvalue weighted by Gasteiger charge is -2.31. The number of ether oxygens (including phenoxy) is 1. The maximum atomic E-state index is 13.8. The normalized spacial score (nSPS) is 16.0. The standard InChI is InChI=1S/C19H27FN4O3/c1-4-24-17(21-22(2)19(24)26)11-13-5-7-23(8-6-13)12-14-9-15(20)18(25)16(10-14)27-3/h9-10,13,25H,4-8,11-12H2,1-3H3. The molecule has 1 N–H and O–H groups in total. The second-order valence-corrected chi connectivity index (χ2v) is 7.12. The minimum atomic E-state index is -0.660. The summed E-state index contributed by atoms with van der Waals surface area (Å²) in [5.41, 5.74) is 0.721. The van der Waals surface area contributed by atoms with Crippen LogP contribution in [-0.2, 0) is 26.6 Å². The van der Waals surface area contributed by atoms with Crippen molar-refractivity contribution in [1.29, 1.82) is 0 Å². The smallest absolute Gasteiger partial charge is 0.345 e. The van der Waals surface area contributed by atoms with Gasteiger partial charge in [-0.25, -0.2) is 13.9 Å². The number of halogens is 1. The summed E-state index contributed by atoms with van der Waals surface area (Å²) in [5.74, 6) is 0.394. The number of benzene rings is 1. The molecule has 0 aliphatic carbocycles. The van der Waals surface area contributed by atoms with Gasteiger partial charge in [-0.05, 0) is 56.5 Å². The Bertz CT molecular complexity index is 853. The van der Waals surface area contributed by atoms with Gasteiger partial charge in [0.1, 0.15) is 5.82 Å². The van der Waals surface area contributed by atoms with Crippen molar-refractivity contribution in [2.45, 2.75) is 39.3 Å². The Morgan fingerprint density at radius 2 is 2.04 bits per heavy atom. The minimum Gasteiger partial charge on any atom is -0.502 e. The molecule has 0 bridgehead atoms. The van der Waals surface area contributed by atoms with Crippen molar-refractivity contribution in [3.63, 3.8) is 0 Å². The number of piperidine rings is 1. The summed E-state index contributed by atoms with van der Waals surface area (Å²) in [7, 11) is 3.10. The molecule has 1 aromatic heterocycles. The number of methoxy groups -OCH3 is 1. The van der Waals surface area contributed by atoms with Gasteiger partial charge in [0, 0.05) is 26.6 Å². The number of aromatic hydroxyl groups is 1. The van der Waals surface area contributed by atoms with Crippen molar-refractivity contribution in [2.75, 3.05) is 20.2 Å². The van der Waals surface area contributed by atoms with Gasteiger partial charge in [0.05, 0.1) is 7.11 Å². The van der Waals surface area contributed by atoms with Crippen LogP contribution in [0.1, 0.15) is 31.2 Å². The van der Waals surface area contributed by atoms with Gasteiger partial charge in [0.25, 0.3) is 0 Å². The first-order chi connectivity index (χ1) is 12.9. The molecule has 0 radical (unpaired) electrons. The molecule has 1 aliphatic heterocycles. The highest BCUT2D eigenvalue weighted by Gasteiger charge is 2.23. The average Bonchev–Trinajstić information content (AvgIpc) is 2.92. The number of likely N-dealkylation sites (tertiary alicyclic amines) is 1. The SMILES string of the molecule is CCn1c(CC2CCN(Cc3cc(F)c(O)c(OC)c3)CC2)nn(C)c1=O. The lowest BCUT2D eigenvalue weighted by molar-refractivity contribution is 0.175. The molecule has 2 heterocycles. The third-order valence-corrected chi connectivity index (χ3v) is 5.29. The topological polar surface area (TPSA) is 72.5 Å². The molecule has 0 spiro atoms. The van der Waals surface area contributed by atoms with Crippen LogP contribution in [0, 0.1) is 11.7 Å². The lowest BCUT2D eigenvalue weighted by Crippen LogP contribution is -2.34. The van der Waals surface area contributed by atoms with Gasteiger partial charge in [0.15, 0.2) is 17.3 Å². The molecule has 1 aromatic carbocycles. The highest BCUT2D eigenvalue weighted by molar-refractivity contribution is 5.43. The van der Waals surface area contributed by atoms with Crippen LogP contribution in [-0.4, -0.2) is 44.6 Å². The number of aryl methyl sites for hydroxylation is 1. The molecule has 0 unspecified atom stereocenters. The third-order valence-electron chi connectivity index (χ3n) is 5.29. The molecule has 27 heavy (non-hydrogen) atoms. The van der Waals surface area contributed by atoms with Gasteiger partial charge in [0.2, 0.25) is 0 Å². The van der Waals surface area contributed by atoms with Crippen LogP contribution in [0.4, 0.5) is 4.39 Å². The van der Waals surface area contributed by atoms with Crippen LogP contribution in [0.25, 0.3) is 0 Å². The molecule has 148 valence electrons. The maximum Gasteiger partial charge on any atom is 0.345 e. The molecule has 1 aliphatic rings. The van der Waals surface area contributed by atoms with Crippen LogP contribution in [0.5, 0.6) is 11.5 Å². The largest absolute Gasteiger partial charge is 0.502 e. The van der Waals surface area contributed by atoms with Crippen molar-refractivity contribution in [1.82, 2.24) is 19.2 Å². The summed E-state index contributed by atoms with van der Waals surface area (Å²) in [4.78, 5) is 14.3. The van der Waals surface area contributed by atoms with Crippen molar-refractivity contribution < 1.29 is 14.2 Å². The third kappa shape index (κ3) is 4.16. The molecule has 0 saturated carbocycles. The van der Waals surface area contributed by atoms with Crippen LogP contribution < -0.4 is 10.4 Å². The van der Waals surface area contributed by atoms with Crippen molar-refractivity contribution in [3.8, 4) is 11.5 Å². The Hall–Kier alpha value is -2.35. The fourth-order valence-electron chi connectivity index (χ4n) is 3.76. The Morgan fingerprint density at radius 3 is 2.67 bits per heavy atom. The summed E-state index contributed by atoms with van der Waals surface area (Å²) < 4.78 is 22.0. The zero-order chi connectivity index (χ0) is 19.6. The van der Waals surface area contributed by atoms with Crippen LogP contribution in [0.3, 0.4) is 0 Å². The molecule has 7 nitrogen and oxygen atoms in total. The van der Waals surface area contributed by atoms with E-state index in [2.05, 4.69) is 10.00 Å². The van der Waals surface area contributed by atoms with Crippen LogP contribution in [0.15, 0.2) is 16.9 Å². The van der Waals surface area contributed by atoms with E-state index in [9.17, 15) is 14.3 Å². The van der Waals surface area contributed by atoms with E-state index in [1.807, 2.05) is 6.92 Å². The summed E-state index contributed by atoms with van der Waals surface area (Å²) in [5, 5.41) is 14.0. The zero-order valence-electron chi connectivity index (χ0n) is 16.1. The second kappa shape index (κ2) is 8.12. The molecule has 0 amide bonds. The molecule has 2 aromatic rings. The van der Waals surface area contributed by atoms with E-state index in [0.29, 0.717) is 19.0 Å². The Labute approximate surface area is 158 Å². The molecule has 8 heteroatoms. The zero-order valence-corrected chi connectivity index (χ0v) is 16.1. The number of aromatic nitrogens is 3. The van der Waals surface area contributed by atoms with Crippen molar-refractivity contribution in [2.24, 2.45) is 13.0 Å². The van der Waals surface area contributed by atoms with Crippen molar-refractivity contribution in [3.05, 3.63) is 39.8 Å². The summed E-state index contributed by atoms with van der Waals surface area (Å²) in [6.07, 6.45) is 2.82. The van der Waals surface area contributed by atoms with E-state index in [1.54, 1.807) is 17.7 Å². The van der Waals surface area contributed by atoms with Crippen LogP contribution in [0.2, 0.25) is 0 Å². The van der Waals surface area contributed by atoms with Gasteiger partial charge in [-0.15, -0.1) is 0 Å². The highest BCUT2D eigenvalue weighted by atomic mass is 19.1. The van der Waals surface area contributed by atoms with Gasteiger partial charge in [-0.3, -0.25) is 9.47 Å². The Morgan fingerprint density at radius 1 is 1.33 bits per heavy atom. The fourth-order valence-corrected chi connectivity index (χ4v) is 3.76. The van der Waals surface area contributed by atoms with E-state index in [4.69, 9.17) is 4.74 Å². The molecule has 1 fully saturated rings. The predicted molar refractivity (Wildman–Crippen MR) is 99.5 cm³/mol. The summed E-state index contributed by atoms with van der Waals surface area (Å²) in [6, 6.07) is 3.04. The van der Waals surface area contributed by atoms with Gasteiger partial charge >= 0.3 is 5.69 Å². The van der Waals surface area contributed by atoms with E-state index in [1.165, 1.54) is 17.9 Å². The Balaban J connectivity index is 1.59. The average molecular weight is 378 g/mol. The fraction of sp³-hybridized carbons (Fsp3) is 0.579. The molecular formula is C19H27FN4O3. The first kappa shape index (κ1) is 19.4. The number of phenolic OH excluding ortho intramolecular Hbond substituents is 1. The number of nitrogens with zero attached hydrogens (tertiary/aromatic N) is 4. The van der Waals surface area contributed by atoms with E-state index in [-0.39, 0.29) is 11.4 Å². The van der Waals surface area contributed by atoms with E-state index >= 15 is 0 Å². The van der Waals surface area contributed by atoms with Gasteiger partial charge in [-0.1, -0.05) is 0 Å².